The van der Waals surface area contributed by atoms with Crippen molar-refractivity contribution in [2.24, 2.45) is 7.05 Å². The molecule has 5 rings (SSSR count). The summed E-state index contributed by atoms with van der Waals surface area (Å²) in [6, 6.07) is 6.19. The maximum absolute atomic E-state index is 9.65. The molecule has 10 heteroatoms. The van der Waals surface area contributed by atoms with Crippen LogP contribution in [0.25, 0.3) is 34.2 Å². The van der Waals surface area contributed by atoms with Crippen LogP contribution in [-0.2, 0) is 20.1 Å². The van der Waals surface area contributed by atoms with Gasteiger partial charge in [0.15, 0.2) is 0 Å². The molecule has 0 spiro atoms. The lowest BCUT2D eigenvalue weighted by Gasteiger charge is -2.23. The average molecular weight is 478 g/mol. The Balaban J connectivity index is 1.69. The maximum Gasteiger partial charge on any atom is 0.240 e. The van der Waals surface area contributed by atoms with Crippen LogP contribution in [0.3, 0.4) is 0 Å². The average Bonchev–Trinajstić information content (AvgIpc) is 3.49. The molecule has 184 valence electrons. The van der Waals surface area contributed by atoms with Gasteiger partial charge in [0.25, 0.3) is 0 Å². The Morgan fingerprint density at radius 1 is 1.26 bits per heavy atom. The molecule has 4 aromatic rings. The smallest absolute Gasteiger partial charge is 0.240 e. The highest BCUT2D eigenvalue weighted by Gasteiger charge is 2.22. The fourth-order valence-corrected chi connectivity index (χ4v) is 4.59. The van der Waals surface area contributed by atoms with Gasteiger partial charge in [-0.2, -0.15) is 10.2 Å². The maximum atomic E-state index is 9.65. The normalized spacial score (nSPS) is 17.5. The van der Waals surface area contributed by atoms with E-state index in [9.17, 15) is 5.11 Å². The number of hydrogen-bond acceptors (Lipinski definition) is 7. The molecular weight excluding hydrogens is 446 g/mol. The third kappa shape index (κ3) is 4.42. The second-order valence-electron chi connectivity index (χ2n) is 8.86. The molecule has 0 saturated carbocycles. The standard InChI is InChI=1S/C25H31N7O3/c1-5-34-24-18-7-9-22-19-12-17(6-8-21(19)27-28-22)20-13-26-31(4)25(20)35-16(2)14-30(3)15-23(18)32(29-24)10-11-33/h6-9,12-13,16,33H,5,10-11,14-15H2,1-4H3,(H,27,28)/b9-7+/t16-/m0/s1. The largest absolute Gasteiger partial charge is 0.476 e. The third-order valence-electron chi connectivity index (χ3n) is 6.15. The minimum atomic E-state index is -0.0907. The van der Waals surface area contributed by atoms with Crippen molar-refractivity contribution in [3.8, 4) is 22.9 Å². The summed E-state index contributed by atoms with van der Waals surface area (Å²) in [4.78, 5) is 2.19. The van der Waals surface area contributed by atoms with Crippen LogP contribution in [0.15, 0.2) is 24.4 Å². The predicted octanol–water partition coefficient (Wildman–Crippen LogP) is 2.93. The van der Waals surface area contributed by atoms with E-state index in [2.05, 4.69) is 44.4 Å². The lowest BCUT2D eigenvalue weighted by Crippen LogP contribution is -2.32. The fraction of sp³-hybridized carbons (Fsp3) is 0.400. The van der Waals surface area contributed by atoms with Gasteiger partial charge in [-0.1, -0.05) is 6.07 Å². The highest BCUT2D eigenvalue weighted by Crippen LogP contribution is 2.34. The number of benzene rings is 1. The van der Waals surface area contributed by atoms with E-state index >= 15 is 0 Å². The van der Waals surface area contributed by atoms with Crippen LogP contribution >= 0.6 is 0 Å². The lowest BCUT2D eigenvalue weighted by molar-refractivity contribution is 0.146. The molecule has 0 saturated heterocycles. The van der Waals surface area contributed by atoms with Gasteiger partial charge in [0, 0.05) is 25.5 Å². The SMILES string of the molecule is CCOc1nn(CCO)c2c1/C=C/c1n[nH]c3ccc(cc13)-c1cnn(C)c1O[C@@H](C)CN(C)C2. The minimum Gasteiger partial charge on any atom is -0.476 e. The molecule has 0 aliphatic carbocycles. The number of fused-ring (bicyclic) bond motifs is 4. The number of aryl methyl sites for hydroxylation is 1. The van der Waals surface area contributed by atoms with Crippen molar-refractivity contribution in [2.45, 2.75) is 33.0 Å². The summed E-state index contributed by atoms with van der Waals surface area (Å²) in [5.41, 5.74) is 5.56. The monoisotopic (exact) mass is 477 g/mol. The first kappa shape index (κ1) is 23.1. The first-order valence-corrected chi connectivity index (χ1v) is 11.9. The van der Waals surface area contributed by atoms with Crippen LogP contribution in [0, 0.1) is 0 Å². The number of aromatic amines is 1. The molecule has 0 unspecified atom stereocenters. The number of aromatic nitrogens is 6. The first-order chi connectivity index (χ1) is 17.0. The number of aliphatic hydroxyl groups excluding tert-OH is 1. The summed E-state index contributed by atoms with van der Waals surface area (Å²) in [6.45, 7) is 6.16. The van der Waals surface area contributed by atoms with Gasteiger partial charge in [-0.05, 0) is 50.7 Å². The third-order valence-corrected chi connectivity index (χ3v) is 6.15. The van der Waals surface area contributed by atoms with E-state index in [0.717, 1.165) is 44.9 Å². The van der Waals surface area contributed by atoms with Crippen molar-refractivity contribution in [2.75, 3.05) is 26.8 Å². The summed E-state index contributed by atoms with van der Waals surface area (Å²) in [6.07, 6.45) is 5.74. The van der Waals surface area contributed by atoms with Crippen LogP contribution in [0.2, 0.25) is 0 Å². The van der Waals surface area contributed by atoms with Crippen molar-refractivity contribution in [1.29, 1.82) is 0 Å². The number of nitrogens with zero attached hydrogens (tertiary/aromatic N) is 6. The number of H-pyrrole nitrogens is 1. The van der Waals surface area contributed by atoms with Crippen molar-refractivity contribution in [3.63, 3.8) is 0 Å². The highest BCUT2D eigenvalue weighted by molar-refractivity contribution is 5.93. The molecule has 2 N–H and O–H groups in total. The zero-order valence-corrected chi connectivity index (χ0v) is 20.5. The number of ether oxygens (including phenoxy) is 2. The summed E-state index contributed by atoms with van der Waals surface area (Å²) in [5, 5.41) is 27.4. The van der Waals surface area contributed by atoms with E-state index in [4.69, 9.17) is 9.47 Å². The Bertz CT molecular complexity index is 1370. The van der Waals surface area contributed by atoms with E-state index in [1.54, 1.807) is 4.68 Å². The Labute approximate surface area is 203 Å². The van der Waals surface area contributed by atoms with Gasteiger partial charge >= 0.3 is 0 Å². The van der Waals surface area contributed by atoms with E-state index in [-0.39, 0.29) is 12.7 Å². The second kappa shape index (κ2) is 9.55. The number of hydrogen-bond donors (Lipinski definition) is 2. The summed E-state index contributed by atoms with van der Waals surface area (Å²) in [7, 11) is 3.94. The summed E-state index contributed by atoms with van der Waals surface area (Å²) in [5.74, 6) is 1.28. The fourth-order valence-electron chi connectivity index (χ4n) is 4.59. The topological polar surface area (TPSA) is 106 Å². The molecule has 1 aromatic carbocycles. The first-order valence-electron chi connectivity index (χ1n) is 11.9. The number of aliphatic hydroxyl groups is 1. The zero-order valence-electron chi connectivity index (χ0n) is 20.5. The van der Waals surface area contributed by atoms with Gasteiger partial charge in [-0.25, -0.2) is 4.68 Å². The molecule has 3 aromatic heterocycles. The molecule has 2 bridgehead atoms. The van der Waals surface area contributed by atoms with Crippen molar-refractivity contribution in [1.82, 2.24) is 34.7 Å². The number of nitrogens with one attached hydrogen (secondary N) is 1. The molecule has 1 aliphatic heterocycles. The van der Waals surface area contributed by atoms with E-state index in [0.29, 0.717) is 32.1 Å². The zero-order chi connectivity index (χ0) is 24.5. The molecule has 35 heavy (non-hydrogen) atoms. The van der Waals surface area contributed by atoms with Crippen LogP contribution in [0.1, 0.15) is 30.8 Å². The number of likely N-dealkylation sites (N-methyl/N-ethyl adjacent to an activating group) is 1. The lowest BCUT2D eigenvalue weighted by atomic mass is 10.1. The molecule has 1 aliphatic rings. The van der Waals surface area contributed by atoms with Gasteiger partial charge in [0.05, 0.1) is 54.0 Å². The molecular formula is C25H31N7O3. The summed E-state index contributed by atoms with van der Waals surface area (Å²) >= 11 is 0. The molecule has 4 heterocycles. The van der Waals surface area contributed by atoms with Crippen LogP contribution < -0.4 is 9.47 Å². The van der Waals surface area contributed by atoms with Crippen LogP contribution in [0.4, 0.5) is 0 Å². The number of rotatable bonds is 4. The van der Waals surface area contributed by atoms with Crippen molar-refractivity contribution in [3.05, 3.63) is 41.3 Å². The van der Waals surface area contributed by atoms with Gasteiger partial charge < -0.3 is 14.6 Å². The molecule has 1 atom stereocenters. The van der Waals surface area contributed by atoms with E-state index in [1.165, 1.54) is 0 Å². The predicted molar refractivity (Wildman–Crippen MR) is 134 cm³/mol. The Hall–Kier alpha value is -3.63. The summed E-state index contributed by atoms with van der Waals surface area (Å²) < 4.78 is 15.9. The van der Waals surface area contributed by atoms with E-state index in [1.807, 2.05) is 50.1 Å². The molecule has 0 radical (unpaired) electrons. The van der Waals surface area contributed by atoms with Gasteiger partial charge in [-0.3, -0.25) is 14.7 Å². The van der Waals surface area contributed by atoms with Gasteiger partial charge in [-0.15, -0.1) is 5.10 Å². The van der Waals surface area contributed by atoms with Crippen molar-refractivity contribution >= 4 is 23.1 Å². The second-order valence-corrected chi connectivity index (χ2v) is 8.86. The quantitative estimate of drug-likeness (QED) is 0.465. The molecule has 0 fully saturated rings. The Morgan fingerprint density at radius 3 is 2.91 bits per heavy atom. The van der Waals surface area contributed by atoms with Crippen LogP contribution in [-0.4, -0.2) is 72.7 Å². The Morgan fingerprint density at radius 2 is 2.11 bits per heavy atom. The van der Waals surface area contributed by atoms with Gasteiger partial charge in [0.1, 0.15) is 6.10 Å². The van der Waals surface area contributed by atoms with Crippen molar-refractivity contribution < 1.29 is 14.6 Å². The van der Waals surface area contributed by atoms with Gasteiger partial charge in [0.2, 0.25) is 11.8 Å². The highest BCUT2D eigenvalue weighted by atomic mass is 16.5. The van der Waals surface area contributed by atoms with E-state index < -0.39 is 0 Å². The Kier molecular flexibility index (Phi) is 6.31. The molecule has 0 amide bonds. The minimum absolute atomic E-state index is 0.0112. The molecule has 10 nitrogen and oxygen atoms in total. The van der Waals surface area contributed by atoms with Crippen LogP contribution in [0.5, 0.6) is 11.8 Å².